The molecule has 0 atom stereocenters. The van der Waals surface area contributed by atoms with Crippen LogP contribution >= 0.6 is 11.3 Å². The van der Waals surface area contributed by atoms with Gasteiger partial charge in [0.25, 0.3) is 0 Å². The van der Waals surface area contributed by atoms with Gasteiger partial charge in [0, 0.05) is 16.6 Å². The molecule has 0 fully saturated rings. The molecule has 0 aliphatic heterocycles. The minimum Gasteiger partial charge on any atom is -0.0616 e. The molecule has 0 unspecified atom stereocenters. The Morgan fingerprint density at radius 3 is 2.41 bits per heavy atom. The molecule has 0 radical (unpaired) electrons. The second-order valence-corrected chi connectivity index (χ2v) is 4.85. The number of rotatable bonds is 0. The van der Waals surface area contributed by atoms with Crippen LogP contribution in [0.3, 0.4) is 0 Å². The summed E-state index contributed by atoms with van der Waals surface area (Å²) >= 11 is 1.68. The summed E-state index contributed by atoms with van der Waals surface area (Å²) in [7, 11) is 0. The van der Waals surface area contributed by atoms with Crippen LogP contribution in [-0.2, 0) is 0 Å². The first-order valence-corrected chi connectivity index (χ1v) is 6.38. The highest BCUT2D eigenvalue weighted by molar-refractivity contribution is 7.15. The van der Waals surface area contributed by atoms with Gasteiger partial charge in [0.2, 0.25) is 5.52 Å². The SMILES string of the molecule is c1ccc2c(c1)c1ccccc1[n+]1ncsc21. The third-order valence-electron chi connectivity index (χ3n) is 3.10. The van der Waals surface area contributed by atoms with Gasteiger partial charge in [-0.05, 0) is 28.0 Å². The Labute approximate surface area is 102 Å². The topological polar surface area (TPSA) is 17.0 Å². The zero-order chi connectivity index (χ0) is 11.2. The van der Waals surface area contributed by atoms with Crippen LogP contribution in [0, 0.1) is 0 Å². The Kier molecular flexibility index (Phi) is 1.73. The summed E-state index contributed by atoms with van der Waals surface area (Å²) in [5.74, 6) is 0. The Morgan fingerprint density at radius 1 is 0.824 bits per heavy atom. The van der Waals surface area contributed by atoms with Crippen LogP contribution in [0.25, 0.3) is 26.5 Å². The van der Waals surface area contributed by atoms with E-state index < -0.39 is 0 Å². The molecule has 0 N–H and O–H groups in total. The molecule has 2 nitrogen and oxygen atoms in total. The summed E-state index contributed by atoms with van der Waals surface area (Å²) in [6.45, 7) is 0. The van der Waals surface area contributed by atoms with Crippen molar-refractivity contribution in [2.24, 2.45) is 0 Å². The summed E-state index contributed by atoms with van der Waals surface area (Å²) in [5, 5.41) is 8.26. The summed E-state index contributed by atoms with van der Waals surface area (Å²) in [5.41, 5.74) is 3.07. The highest BCUT2D eigenvalue weighted by Crippen LogP contribution is 2.26. The number of aromatic nitrogens is 2. The molecule has 4 aromatic rings. The van der Waals surface area contributed by atoms with Crippen molar-refractivity contribution in [3.05, 3.63) is 54.0 Å². The van der Waals surface area contributed by atoms with E-state index in [0.717, 1.165) is 0 Å². The largest absolute Gasteiger partial charge is 0.303 e. The van der Waals surface area contributed by atoms with Crippen molar-refractivity contribution in [3.8, 4) is 0 Å². The number of hydrogen-bond acceptors (Lipinski definition) is 2. The molecular weight excluding hydrogens is 228 g/mol. The normalized spacial score (nSPS) is 11.5. The lowest BCUT2D eigenvalue weighted by Crippen LogP contribution is -2.23. The lowest BCUT2D eigenvalue weighted by atomic mass is 10.1. The van der Waals surface area contributed by atoms with E-state index in [4.69, 9.17) is 0 Å². The quantitative estimate of drug-likeness (QED) is 0.339. The number of benzene rings is 2. The molecule has 2 aromatic carbocycles. The van der Waals surface area contributed by atoms with E-state index in [9.17, 15) is 0 Å². The predicted molar refractivity (Wildman–Crippen MR) is 70.3 cm³/mol. The zero-order valence-electron chi connectivity index (χ0n) is 9.00. The third-order valence-corrected chi connectivity index (χ3v) is 3.91. The van der Waals surface area contributed by atoms with Crippen LogP contribution in [0.1, 0.15) is 0 Å². The fourth-order valence-electron chi connectivity index (χ4n) is 2.36. The third kappa shape index (κ3) is 1.14. The van der Waals surface area contributed by atoms with Crippen molar-refractivity contribution < 1.29 is 4.52 Å². The molecule has 0 saturated heterocycles. The second-order valence-electron chi connectivity index (χ2n) is 4.02. The number of fused-ring (bicyclic) bond motifs is 6. The molecule has 0 aliphatic rings. The fraction of sp³-hybridized carbons (Fsp3) is 0. The maximum Gasteiger partial charge on any atom is 0.303 e. The van der Waals surface area contributed by atoms with E-state index in [1.807, 2.05) is 10.0 Å². The van der Waals surface area contributed by atoms with Gasteiger partial charge in [0.1, 0.15) is 0 Å². The van der Waals surface area contributed by atoms with Crippen molar-refractivity contribution in [1.29, 1.82) is 0 Å². The summed E-state index contributed by atoms with van der Waals surface area (Å²) in [6.07, 6.45) is 0. The molecule has 80 valence electrons. The average Bonchev–Trinajstić information content (AvgIpc) is 2.89. The minimum absolute atomic E-state index is 1.17. The van der Waals surface area contributed by atoms with Gasteiger partial charge in [-0.15, -0.1) is 0 Å². The van der Waals surface area contributed by atoms with Crippen LogP contribution in [-0.4, -0.2) is 5.10 Å². The van der Waals surface area contributed by atoms with Crippen molar-refractivity contribution in [1.82, 2.24) is 5.10 Å². The van der Waals surface area contributed by atoms with Crippen molar-refractivity contribution in [2.45, 2.75) is 0 Å². The van der Waals surface area contributed by atoms with E-state index in [1.165, 1.54) is 26.5 Å². The van der Waals surface area contributed by atoms with E-state index in [-0.39, 0.29) is 0 Å². The summed E-state index contributed by atoms with van der Waals surface area (Å²) in [6, 6.07) is 16.9. The number of pyridine rings is 1. The molecule has 0 bridgehead atoms. The molecular formula is C14H9N2S+. The van der Waals surface area contributed by atoms with Crippen molar-refractivity contribution in [3.63, 3.8) is 0 Å². The fourth-order valence-corrected chi connectivity index (χ4v) is 3.15. The predicted octanol–water partition coefficient (Wildman–Crippen LogP) is 3.19. The first kappa shape index (κ1) is 9.07. The van der Waals surface area contributed by atoms with Gasteiger partial charge in [0.15, 0.2) is 5.51 Å². The second kappa shape index (κ2) is 3.25. The van der Waals surface area contributed by atoms with Gasteiger partial charge < -0.3 is 0 Å². The Bertz CT molecular complexity index is 779. The molecule has 2 aromatic heterocycles. The summed E-state index contributed by atoms with van der Waals surface area (Å²) in [4.78, 5) is 1.21. The van der Waals surface area contributed by atoms with Crippen molar-refractivity contribution >= 4 is 37.8 Å². The first-order valence-electron chi connectivity index (χ1n) is 5.50. The van der Waals surface area contributed by atoms with Crippen molar-refractivity contribution in [2.75, 3.05) is 0 Å². The molecule has 2 heterocycles. The first-order chi connectivity index (χ1) is 8.45. The van der Waals surface area contributed by atoms with E-state index in [2.05, 4.69) is 53.6 Å². The van der Waals surface area contributed by atoms with Gasteiger partial charge in [-0.25, -0.2) is 0 Å². The molecule has 0 amide bonds. The smallest absolute Gasteiger partial charge is 0.0616 e. The van der Waals surface area contributed by atoms with Crippen LogP contribution < -0.4 is 4.52 Å². The van der Waals surface area contributed by atoms with Gasteiger partial charge >= 0.3 is 4.83 Å². The van der Waals surface area contributed by atoms with E-state index >= 15 is 0 Å². The van der Waals surface area contributed by atoms with Gasteiger partial charge in [-0.3, -0.25) is 0 Å². The lowest BCUT2D eigenvalue weighted by Gasteiger charge is -1.98. The van der Waals surface area contributed by atoms with Gasteiger partial charge in [-0.2, -0.15) is 0 Å². The average molecular weight is 237 g/mol. The van der Waals surface area contributed by atoms with Crippen LogP contribution in [0.2, 0.25) is 0 Å². The molecule has 3 heteroatoms. The van der Waals surface area contributed by atoms with Crippen LogP contribution in [0.4, 0.5) is 0 Å². The molecule has 0 aliphatic carbocycles. The minimum atomic E-state index is 1.17. The number of nitrogens with zero attached hydrogens (tertiary/aromatic N) is 2. The van der Waals surface area contributed by atoms with Gasteiger partial charge in [0.05, 0.1) is 10.8 Å². The Hall–Kier alpha value is -2.00. The molecule has 17 heavy (non-hydrogen) atoms. The maximum absolute atomic E-state index is 4.43. The summed E-state index contributed by atoms with van der Waals surface area (Å²) < 4.78 is 2.03. The van der Waals surface area contributed by atoms with Gasteiger partial charge in [-0.1, -0.05) is 30.3 Å². The number of hydrogen-bond donors (Lipinski definition) is 0. The highest BCUT2D eigenvalue weighted by atomic mass is 32.1. The zero-order valence-corrected chi connectivity index (χ0v) is 9.82. The van der Waals surface area contributed by atoms with Crippen LogP contribution in [0.15, 0.2) is 54.0 Å². The Balaban J connectivity index is 2.48. The number of para-hydroxylation sites is 1. The molecule has 0 saturated carbocycles. The van der Waals surface area contributed by atoms with E-state index in [1.54, 1.807) is 11.3 Å². The Morgan fingerprint density at radius 2 is 1.53 bits per heavy atom. The lowest BCUT2D eigenvalue weighted by molar-refractivity contribution is -0.546. The molecule has 4 rings (SSSR count). The van der Waals surface area contributed by atoms with E-state index in [0.29, 0.717) is 0 Å². The highest BCUT2D eigenvalue weighted by Gasteiger charge is 2.17. The maximum atomic E-state index is 4.43. The molecule has 0 spiro atoms. The van der Waals surface area contributed by atoms with Crippen LogP contribution in [0.5, 0.6) is 0 Å². The monoisotopic (exact) mass is 237 g/mol. The standard InChI is InChI=1S/C14H9N2S/c1-2-7-12-10(5-1)11-6-3-4-8-13(11)16-14(12)17-9-15-16/h1-9H/q+1.